The van der Waals surface area contributed by atoms with Crippen LogP contribution in [0.2, 0.25) is 0 Å². The van der Waals surface area contributed by atoms with Gasteiger partial charge >= 0.3 is 0 Å². The van der Waals surface area contributed by atoms with E-state index >= 15 is 0 Å². The molecule has 2 fully saturated rings. The van der Waals surface area contributed by atoms with Gasteiger partial charge in [0.25, 0.3) is 0 Å². The highest BCUT2D eigenvalue weighted by Crippen LogP contribution is 2.34. The Hall–Kier alpha value is -1.64. The third-order valence-corrected chi connectivity index (χ3v) is 6.26. The largest absolute Gasteiger partial charge is 0.496 e. The van der Waals surface area contributed by atoms with Gasteiger partial charge in [-0.2, -0.15) is 0 Å². The highest BCUT2D eigenvalue weighted by molar-refractivity contribution is 7.88. The van der Waals surface area contributed by atoms with Crippen LogP contribution in [-0.2, 0) is 21.4 Å². The molecule has 1 aromatic carbocycles. The van der Waals surface area contributed by atoms with Crippen molar-refractivity contribution in [3.8, 4) is 5.75 Å². The smallest absolute Gasteiger partial charge is 0.234 e. The molecule has 0 aromatic heterocycles. The van der Waals surface area contributed by atoms with Gasteiger partial charge in [0, 0.05) is 30.2 Å². The molecule has 2 bridgehead atoms. The Balaban J connectivity index is 1.56. The Labute approximate surface area is 161 Å². The Bertz CT molecular complexity index is 754. The number of para-hydroxylation sites is 1. The number of rotatable bonds is 7. The van der Waals surface area contributed by atoms with Crippen molar-refractivity contribution in [1.82, 2.24) is 14.9 Å². The quantitative estimate of drug-likeness (QED) is 0.725. The summed E-state index contributed by atoms with van der Waals surface area (Å²) in [7, 11) is -1.58. The Morgan fingerprint density at radius 1 is 1.22 bits per heavy atom. The van der Waals surface area contributed by atoms with Crippen molar-refractivity contribution < 1.29 is 17.9 Å². The standard InChI is InChI=1S/C19H29N3O4S/c1-26-18-9-4-3-6-14(18)12-20-19(23)13-22-16-7-5-8-17(22)11-15(10-16)21-27(2,24)25/h3-4,6,9,15-17,21H,5,7-8,10-13H2,1-2H3,(H,20,23)/t15?,16-,17+. The highest BCUT2D eigenvalue weighted by Gasteiger charge is 2.39. The molecule has 0 aliphatic carbocycles. The SMILES string of the molecule is COc1ccccc1CNC(=O)CN1[C@@H]2CCC[C@H]1CC(NS(C)(=O)=O)C2. The predicted molar refractivity (Wildman–Crippen MR) is 104 cm³/mol. The first-order valence-corrected chi connectivity index (χ1v) is 11.4. The summed E-state index contributed by atoms with van der Waals surface area (Å²) in [5.41, 5.74) is 0.949. The molecule has 0 radical (unpaired) electrons. The summed E-state index contributed by atoms with van der Waals surface area (Å²) in [4.78, 5) is 14.8. The average molecular weight is 396 g/mol. The van der Waals surface area contributed by atoms with Gasteiger partial charge in [-0.15, -0.1) is 0 Å². The molecule has 1 unspecified atom stereocenters. The van der Waals surface area contributed by atoms with Crippen molar-refractivity contribution in [3.63, 3.8) is 0 Å². The lowest BCUT2D eigenvalue weighted by Crippen LogP contribution is -2.58. The van der Waals surface area contributed by atoms with E-state index in [0.717, 1.165) is 43.4 Å². The molecule has 150 valence electrons. The molecule has 3 atom stereocenters. The van der Waals surface area contributed by atoms with Crippen molar-refractivity contribution in [2.75, 3.05) is 19.9 Å². The second-order valence-electron chi connectivity index (χ2n) is 7.56. The highest BCUT2D eigenvalue weighted by atomic mass is 32.2. The van der Waals surface area contributed by atoms with Crippen molar-refractivity contribution in [3.05, 3.63) is 29.8 Å². The maximum absolute atomic E-state index is 12.5. The lowest BCUT2D eigenvalue weighted by Gasteiger charge is -2.48. The van der Waals surface area contributed by atoms with Crippen molar-refractivity contribution >= 4 is 15.9 Å². The van der Waals surface area contributed by atoms with Crippen molar-refractivity contribution in [2.24, 2.45) is 0 Å². The summed E-state index contributed by atoms with van der Waals surface area (Å²) in [5, 5.41) is 2.99. The number of carbonyl (C=O) groups excluding carboxylic acids is 1. The summed E-state index contributed by atoms with van der Waals surface area (Å²) >= 11 is 0. The number of fused-ring (bicyclic) bond motifs is 2. The molecule has 2 N–H and O–H groups in total. The van der Waals surface area contributed by atoms with Gasteiger partial charge in [0.05, 0.1) is 19.9 Å². The zero-order valence-corrected chi connectivity index (χ0v) is 16.8. The minimum atomic E-state index is -3.20. The molecule has 27 heavy (non-hydrogen) atoms. The lowest BCUT2D eigenvalue weighted by atomic mass is 9.82. The van der Waals surface area contributed by atoms with Gasteiger partial charge in [0.15, 0.2) is 0 Å². The number of hydrogen-bond acceptors (Lipinski definition) is 5. The molecule has 2 aliphatic rings. The normalized spacial score (nSPS) is 25.8. The number of piperidine rings is 2. The fourth-order valence-corrected chi connectivity index (χ4v) is 5.20. The molecule has 0 saturated carbocycles. The van der Waals surface area contributed by atoms with Gasteiger partial charge < -0.3 is 10.1 Å². The maximum Gasteiger partial charge on any atom is 0.234 e. The van der Waals surface area contributed by atoms with E-state index in [9.17, 15) is 13.2 Å². The molecule has 2 heterocycles. The number of amides is 1. The van der Waals surface area contributed by atoms with E-state index < -0.39 is 10.0 Å². The van der Waals surface area contributed by atoms with E-state index in [1.165, 1.54) is 6.26 Å². The van der Waals surface area contributed by atoms with E-state index in [-0.39, 0.29) is 24.0 Å². The van der Waals surface area contributed by atoms with Crippen LogP contribution in [0, 0.1) is 0 Å². The number of sulfonamides is 1. The van der Waals surface area contributed by atoms with Crippen LogP contribution in [0.15, 0.2) is 24.3 Å². The zero-order valence-electron chi connectivity index (χ0n) is 16.0. The lowest BCUT2D eigenvalue weighted by molar-refractivity contribution is -0.125. The van der Waals surface area contributed by atoms with Gasteiger partial charge in [-0.3, -0.25) is 9.69 Å². The molecule has 3 rings (SSSR count). The van der Waals surface area contributed by atoms with Crippen LogP contribution in [0.1, 0.15) is 37.7 Å². The number of carbonyl (C=O) groups is 1. The second-order valence-corrected chi connectivity index (χ2v) is 9.34. The van der Waals surface area contributed by atoms with Crippen molar-refractivity contribution in [1.29, 1.82) is 0 Å². The monoisotopic (exact) mass is 395 g/mol. The molecule has 8 heteroatoms. The molecule has 1 aromatic rings. The summed E-state index contributed by atoms with van der Waals surface area (Å²) in [5.74, 6) is 0.759. The maximum atomic E-state index is 12.5. The van der Waals surface area contributed by atoms with E-state index in [1.807, 2.05) is 24.3 Å². The zero-order chi connectivity index (χ0) is 19.4. The van der Waals surface area contributed by atoms with Crippen LogP contribution in [0.25, 0.3) is 0 Å². The number of hydrogen-bond donors (Lipinski definition) is 2. The Morgan fingerprint density at radius 2 is 1.89 bits per heavy atom. The van der Waals surface area contributed by atoms with E-state index in [2.05, 4.69) is 14.9 Å². The Kier molecular flexibility index (Phi) is 6.39. The van der Waals surface area contributed by atoms with Crippen LogP contribution in [0.3, 0.4) is 0 Å². The predicted octanol–water partition coefficient (Wildman–Crippen LogP) is 1.25. The van der Waals surface area contributed by atoms with Gasteiger partial charge in [-0.05, 0) is 31.7 Å². The molecule has 1 amide bonds. The summed E-state index contributed by atoms with van der Waals surface area (Å²) in [6, 6.07) is 8.14. The van der Waals surface area contributed by atoms with E-state index in [1.54, 1.807) is 7.11 Å². The summed E-state index contributed by atoms with van der Waals surface area (Å²) in [6.45, 7) is 0.792. The van der Waals surface area contributed by atoms with Crippen molar-refractivity contribution in [2.45, 2.75) is 56.8 Å². The summed E-state index contributed by atoms with van der Waals surface area (Å²) < 4.78 is 31.2. The first-order chi connectivity index (χ1) is 12.9. The number of methoxy groups -OCH3 is 1. The topological polar surface area (TPSA) is 87.7 Å². The molecule has 7 nitrogen and oxygen atoms in total. The first kappa shape index (κ1) is 20.1. The van der Waals surface area contributed by atoms with Crippen LogP contribution >= 0.6 is 0 Å². The fraction of sp³-hybridized carbons (Fsp3) is 0.632. The van der Waals surface area contributed by atoms with Crippen LogP contribution in [-0.4, -0.2) is 57.3 Å². The summed E-state index contributed by atoms with van der Waals surface area (Å²) in [6.07, 6.45) is 5.91. The number of ether oxygens (including phenoxy) is 1. The fourth-order valence-electron chi connectivity index (χ4n) is 4.40. The third-order valence-electron chi connectivity index (χ3n) is 5.50. The third kappa shape index (κ3) is 5.43. The van der Waals surface area contributed by atoms with E-state index in [4.69, 9.17) is 4.74 Å². The number of nitrogens with one attached hydrogen (secondary N) is 2. The van der Waals surface area contributed by atoms with E-state index in [0.29, 0.717) is 13.1 Å². The van der Waals surface area contributed by atoms with Crippen LogP contribution in [0.5, 0.6) is 5.75 Å². The van der Waals surface area contributed by atoms with Gasteiger partial charge in [0.2, 0.25) is 15.9 Å². The molecular formula is C19H29N3O4S. The molecule has 2 aliphatic heterocycles. The number of nitrogens with zero attached hydrogens (tertiary/aromatic N) is 1. The number of benzene rings is 1. The van der Waals surface area contributed by atoms with Gasteiger partial charge in [-0.1, -0.05) is 24.6 Å². The minimum absolute atomic E-state index is 0.00710. The molecule has 0 spiro atoms. The first-order valence-electron chi connectivity index (χ1n) is 9.47. The molecule has 2 saturated heterocycles. The second kappa shape index (κ2) is 8.58. The molecular weight excluding hydrogens is 366 g/mol. The van der Waals surface area contributed by atoms with Crippen LogP contribution < -0.4 is 14.8 Å². The van der Waals surface area contributed by atoms with Gasteiger partial charge in [-0.25, -0.2) is 13.1 Å². The Morgan fingerprint density at radius 3 is 2.52 bits per heavy atom. The van der Waals surface area contributed by atoms with Crippen LogP contribution in [0.4, 0.5) is 0 Å². The minimum Gasteiger partial charge on any atom is -0.496 e. The average Bonchev–Trinajstić information content (AvgIpc) is 2.59. The van der Waals surface area contributed by atoms with Gasteiger partial charge in [0.1, 0.15) is 5.75 Å².